The maximum Gasteiger partial charge on any atom is 0.311 e. The van der Waals surface area contributed by atoms with Crippen LogP contribution in [0.3, 0.4) is 0 Å². The van der Waals surface area contributed by atoms with Crippen LogP contribution in [0.2, 0.25) is 0 Å². The minimum atomic E-state index is -0.251. The van der Waals surface area contributed by atoms with Crippen LogP contribution < -0.4 is 0 Å². The molecule has 1 aromatic heterocycles. The van der Waals surface area contributed by atoms with E-state index in [4.69, 9.17) is 9.72 Å². The van der Waals surface area contributed by atoms with Crippen LogP contribution in [-0.2, 0) is 22.5 Å². The average Bonchev–Trinajstić information content (AvgIpc) is 3.05. The third kappa shape index (κ3) is 3.85. The lowest BCUT2D eigenvalue weighted by molar-refractivity contribution is -0.139. The van der Waals surface area contributed by atoms with Crippen LogP contribution in [0.4, 0.5) is 0 Å². The van der Waals surface area contributed by atoms with Crippen LogP contribution in [0, 0.1) is 0 Å². The highest BCUT2D eigenvalue weighted by Gasteiger charge is 2.21. The lowest BCUT2D eigenvalue weighted by atomic mass is 10.1. The van der Waals surface area contributed by atoms with Crippen LogP contribution >= 0.6 is 0 Å². The fourth-order valence-corrected chi connectivity index (χ4v) is 3.07. The Bertz CT molecular complexity index is 855. The van der Waals surface area contributed by atoms with Crippen LogP contribution in [-0.4, -0.2) is 22.6 Å². The minimum absolute atomic E-state index is 0.213. The van der Waals surface area contributed by atoms with Gasteiger partial charge in [-0.2, -0.15) is 0 Å². The zero-order valence-electron chi connectivity index (χ0n) is 15.3. The summed E-state index contributed by atoms with van der Waals surface area (Å²) in [4.78, 5) is 17.0. The molecule has 4 heteroatoms. The van der Waals surface area contributed by atoms with E-state index in [0.717, 1.165) is 47.7 Å². The van der Waals surface area contributed by atoms with E-state index in [9.17, 15) is 4.79 Å². The van der Waals surface area contributed by atoms with Crippen molar-refractivity contribution in [1.82, 2.24) is 9.55 Å². The van der Waals surface area contributed by atoms with Crippen molar-refractivity contribution in [2.75, 3.05) is 7.11 Å². The highest BCUT2D eigenvalue weighted by atomic mass is 16.5. The number of benzene rings is 2. The monoisotopic (exact) mass is 348 g/mol. The number of aromatic nitrogens is 2. The summed E-state index contributed by atoms with van der Waals surface area (Å²) in [6, 6.07) is 20.2. The highest BCUT2D eigenvalue weighted by molar-refractivity contribution is 5.77. The summed E-state index contributed by atoms with van der Waals surface area (Å²) in [7, 11) is 1.43. The SMILES string of the molecule is CCCCn1c(-c2ccccc2)nc(-c2ccccc2)c1CC(=O)OC. The molecule has 0 N–H and O–H groups in total. The van der Waals surface area contributed by atoms with Crippen molar-refractivity contribution in [3.63, 3.8) is 0 Å². The first-order chi connectivity index (χ1) is 12.7. The quantitative estimate of drug-likeness (QED) is 0.580. The molecule has 0 saturated heterocycles. The summed E-state index contributed by atoms with van der Waals surface area (Å²) in [5, 5.41) is 0. The van der Waals surface area contributed by atoms with E-state index in [1.807, 2.05) is 48.5 Å². The molecular weight excluding hydrogens is 324 g/mol. The van der Waals surface area contributed by atoms with Gasteiger partial charge >= 0.3 is 5.97 Å². The molecule has 0 spiro atoms. The van der Waals surface area contributed by atoms with E-state index in [1.54, 1.807) is 0 Å². The van der Waals surface area contributed by atoms with Gasteiger partial charge in [-0.3, -0.25) is 4.79 Å². The second-order valence-electron chi connectivity index (χ2n) is 6.22. The van der Waals surface area contributed by atoms with Crippen molar-refractivity contribution < 1.29 is 9.53 Å². The number of imidazole rings is 1. The van der Waals surface area contributed by atoms with Gasteiger partial charge in [0.15, 0.2) is 0 Å². The molecule has 0 aliphatic carbocycles. The molecule has 1 heterocycles. The molecule has 0 aliphatic heterocycles. The smallest absolute Gasteiger partial charge is 0.311 e. The fraction of sp³-hybridized carbons (Fsp3) is 0.273. The maximum absolute atomic E-state index is 12.1. The largest absolute Gasteiger partial charge is 0.469 e. The van der Waals surface area contributed by atoms with Gasteiger partial charge in [0.1, 0.15) is 5.82 Å². The number of esters is 1. The number of nitrogens with zero attached hydrogens (tertiary/aromatic N) is 2. The standard InChI is InChI=1S/C22H24N2O2/c1-3-4-15-24-19(16-20(25)26-2)21(17-11-7-5-8-12-17)23-22(24)18-13-9-6-10-14-18/h5-14H,3-4,15-16H2,1-2H3. The second kappa shape index (κ2) is 8.48. The van der Waals surface area contributed by atoms with Crippen molar-refractivity contribution in [2.24, 2.45) is 0 Å². The van der Waals surface area contributed by atoms with Crippen molar-refractivity contribution in [3.8, 4) is 22.6 Å². The molecule has 0 radical (unpaired) electrons. The van der Waals surface area contributed by atoms with Crippen LogP contribution in [0.1, 0.15) is 25.5 Å². The Morgan fingerprint density at radius 2 is 1.62 bits per heavy atom. The van der Waals surface area contributed by atoms with Crippen molar-refractivity contribution in [3.05, 3.63) is 66.4 Å². The summed E-state index contributed by atoms with van der Waals surface area (Å²) in [5.74, 6) is 0.649. The third-order valence-corrected chi connectivity index (χ3v) is 4.43. The normalized spacial score (nSPS) is 10.7. The van der Waals surface area contributed by atoms with Gasteiger partial charge in [-0.15, -0.1) is 0 Å². The number of hydrogen-bond donors (Lipinski definition) is 0. The summed E-state index contributed by atoms with van der Waals surface area (Å²) in [6.45, 7) is 2.99. The molecule has 2 aromatic carbocycles. The van der Waals surface area contributed by atoms with Crippen molar-refractivity contribution >= 4 is 5.97 Å². The summed E-state index contributed by atoms with van der Waals surface area (Å²) in [6.07, 6.45) is 2.31. The Morgan fingerprint density at radius 3 is 2.19 bits per heavy atom. The molecule has 0 unspecified atom stereocenters. The van der Waals surface area contributed by atoms with E-state index in [-0.39, 0.29) is 12.4 Å². The van der Waals surface area contributed by atoms with E-state index in [1.165, 1.54) is 7.11 Å². The first-order valence-electron chi connectivity index (χ1n) is 9.01. The number of ether oxygens (including phenoxy) is 1. The number of hydrogen-bond acceptors (Lipinski definition) is 3. The van der Waals surface area contributed by atoms with Crippen LogP contribution in [0.15, 0.2) is 60.7 Å². The number of carbonyl (C=O) groups is 1. The van der Waals surface area contributed by atoms with Gasteiger partial charge in [0, 0.05) is 17.7 Å². The highest BCUT2D eigenvalue weighted by Crippen LogP contribution is 2.30. The molecule has 0 saturated carbocycles. The molecule has 0 aliphatic rings. The van der Waals surface area contributed by atoms with Gasteiger partial charge in [0.05, 0.1) is 24.9 Å². The third-order valence-electron chi connectivity index (χ3n) is 4.43. The Kier molecular flexibility index (Phi) is 5.84. The minimum Gasteiger partial charge on any atom is -0.469 e. The summed E-state index contributed by atoms with van der Waals surface area (Å²) < 4.78 is 7.12. The molecule has 0 atom stereocenters. The van der Waals surface area contributed by atoms with Gasteiger partial charge in [0.25, 0.3) is 0 Å². The van der Waals surface area contributed by atoms with Crippen molar-refractivity contribution in [1.29, 1.82) is 0 Å². The second-order valence-corrected chi connectivity index (χ2v) is 6.22. The molecular formula is C22H24N2O2. The van der Waals surface area contributed by atoms with E-state index in [2.05, 4.69) is 23.6 Å². The van der Waals surface area contributed by atoms with Gasteiger partial charge in [-0.05, 0) is 6.42 Å². The zero-order chi connectivity index (χ0) is 18.4. The number of carbonyl (C=O) groups excluding carboxylic acids is 1. The molecule has 3 rings (SSSR count). The number of methoxy groups -OCH3 is 1. The Morgan fingerprint density at radius 1 is 1.00 bits per heavy atom. The summed E-state index contributed by atoms with van der Waals surface area (Å²) >= 11 is 0. The molecule has 3 aromatic rings. The first-order valence-corrected chi connectivity index (χ1v) is 9.01. The molecule has 26 heavy (non-hydrogen) atoms. The van der Waals surface area contributed by atoms with E-state index in [0.29, 0.717) is 0 Å². The Balaban J connectivity index is 2.19. The Labute approximate surface area is 154 Å². The Hall–Kier alpha value is -2.88. The molecule has 0 fully saturated rings. The average molecular weight is 348 g/mol. The number of rotatable bonds is 7. The van der Waals surface area contributed by atoms with Gasteiger partial charge in [-0.25, -0.2) is 4.98 Å². The molecule has 134 valence electrons. The molecule has 4 nitrogen and oxygen atoms in total. The predicted molar refractivity (Wildman–Crippen MR) is 104 cm³/mol. The van der Waals surface area contributed by atoms with Gasteiger partial charge in [0.2, 0.25) is 0 Å². The zero-order valence-corrected chi connectivity index (χ0v) is 15.3. The van der Waals surface area contributed by atoms with Gasteiger partial charge in [-0.1, -0.05) is 74.0 Å². The summed E-state index contributed by atoms with van der Waals surface area (Å²) in [5.41, 5.74) is 3.83. The van der Waals surface area contributed by atoms with E-state index < -0.39 is 0 Å². The lowest BCUT2D eigenvalue weighted by Crippen LogP contribution is -2.12. The molecule has 0 amide bonds. The van der Waals surface area contributed by atoms with E-state index >= 15 is 0 Å². The van der Waals surface area contributed by atoms with Crippen LogP contribution in [0.5, 0.6) is 0 Å². The van der Waals surface area contributed by atoms with Crippen molar-refractivity contribution in [2.45, 2.75) is 32.7 Å². The maximum atomic E-state index is 12.1. The lowest BCUT2D eigenvalue weighted by Gasteiger charge is -2.12. The fourth-order valence-electron chi connectivity index (χ4n) is 3.07. The number of unbranched alkanes of at least 4 members (excludes halogenated alkanes) is 1. The predicted octanol–water partition coefficient (Wildman–Crippen LogP) is 4.73. The molecule has 0 bridgehead atoms. The van der Waals surface area contributed by atoms with Gasteiger partial charge < -0.3 is 9.30 Å². The van der Waals surface area contributed by atoms with Crippen LogP contribution in [0.25, 0.3) is 22.6 Å². The first kappa shape index (κ1) is 17.9. The topological polar surface area (TPSA) is 44.1 Å².